The Morgan fingerprint density at radius 2 is 1.38 bits per heavy atom. The van der Waals surface area contributed by atoms with Gasteiger partial charge in [-0.05, 0) is 48.0 Å². The first-order valence-corrected chi connectivity index (χ1v) is 14.7. The van der Waals surface area contributed by atoms with Crippen molar-refractivity contribution in [3.05, 3.63) is 130 Å². The van der Waals surface area contributed by atoms with Gasteiger partial charge in [0.05, 0.1) is 10.6 Å². The summed E-state index contributed by atoms with van der Waals surface area (Å²) in [5.41, 5.74) is 2.67. The molecule has 7 nitrogen and oxygen atoms in total. The number of rotatable bonds is 8. The summed E-state index contributed by atoms with van der Waals surface area (Å²) in [7, 11) is -3.49. The van der Waals surface area contributed by atoms with Gasteiger partial charge in [-0.25, -0.2) is 8.42 Å². The van der Waals surface area contributed by atoms with E-state index in [0.717, 1.165) is 5.56 Å². The van der Waals surface area contributed by atoms with Crippen LogP contribution in [-0.2, 0) is 16.6 Å². The molecular formula is C31H28ClN3O4S. The molecule has 0 atom stereocenters. The normalized spacial score (nSPS) is 14.5. The lowest BCUT2D eigenvalue weighted by Crippen LogP contribution is -2.48. The maximum absolute atomic E-state index is 13.1. The number of anilines is 1. The number of sulfonamides is 1. The van der Waals surface area contributed by atoms with Crippen molar-refractivity contribution < 1.29 is 18.0 Å². The van der Waals surface area contributed by atoms with E-state index in [2.05, 4.69) is 10.2 Å². The summed E-state index contributed by atoms with van der Waals surface area (Å²) in [6, 6.07) is 29.4. The van der Waals surface area contributed by atoms with Crippen molar-refractivity contribution in [2.24, 2.45) is 0 Å². The molecule has 0 aromatic heterocycles. The first-order chi connectivity index (χ1) is 19.3. The van der Waals surface area contributed by atoms with Crippen molar-refractivity contribution >= 4 is 39.0 Å². The topological polar surface area (TPSA) is 86.8 Å². The van der Waals surface area contributed by atoms with Crippen LogP contribution in [0.4, 0.5) is 5.69 Å². The van der Waals surface area contributed by atoms with Gasteiger partial charge in [0.15, 0.2) is 5.78 Å². The van der Waals surface area contributed by atoms with Gasteiger partial charge < -0.3 is 5.32 Å². The van der Waals surface area contributed by atoms with Crippen molar-refractivity contribution in [3.8, 4) is 0 Å². The molecule has 1 saturated heterocycles. The maximum Gasteiger partial charge on any atom is 0.255 e. The van der Waals surface area contributed by atoms with Crippen LogP contribution in [0.1, 0.15) is 31.8 Å². The molecular weight excluding hydrogens is 546 g/mol. The number of piperazine rings is 1. The van der Waals surface area contributed by atoms with Gasteiger partial charge in [0, 0.05) is 54.4 Å². The van der Waals surface area contributed by atoms with E-state index in [0.29, 0.717) is 65.0 Å². The number of benzene rings is 4. The zero-order valence-electron chi connectivity index (χ0n) is 21.7. The van der Waals surface area contributed by atoms with Crippen LogP contribution in [0, 0.1) is 0 Å². The highest BCUT2D eigenvalue weighted by Gasteiger charge is 2.28. The second-order valence-electron chi connectivity index (χ2n) is 9.53. The number of halogens is 1. The molecule has 1 N–H and O–H groups in total. The molecule has 40 heavy (non-hydrogen) atoms. The number of nitrogens with one attached hydrogen (secondary N) is 1. The van der Waals surface area contributed by atoms with Crippen molar-refractivity contribution in [2.45, 2.75) is 11.4 Å². The minimum Gasteiger partial charge on any atom is -0.321 e. The van der Waals surface area contributed by atoms with Crippen LogP contribution in [0.2, 0.25) is 5.02 Å². The number of ketones is 1. The van der Waals surface area contributed by atoms with Crippen LogP contribution in [-0.4, -0.2) is 55.5 Å². The Morgan fingerprint density at radius 3 is 2.02 bits per heavy atom. The zero-order chi connectivity index (χ0) is 28.1. The number of amides is 1. The summed E-state index contributed by atoms with van der Waals surface area (Å²) in [6.07, 6.45) is 0. The van der Waals surface area contributed by atoms with Gasteiger partial charge in [0.1, 0.15) is 0 Å². The summed E-state index contributed by atoms with van der Waals surface area (Å²) in [5, 5.41) is 3.25. The summed E-state index contributed by atoms with van der Waals surface area (Å²) in [4.78, 5) is 28.6. The molecule has 9 heteroatoms. The van der Waals surface area contributed by atoms with E-state index in [1.54, 1.807) is 84.9 Å². The smallest absolute Gasteiger partial charge is 0.255 e. The third kappa shape index (κ3) is 6.32. The van der Waals surface area contributed by atoms with E-state index in [1.807, 2.05) is 18.2 Å². The number of hydrogen-bond acceptors (Lipinski definition) is 5. The Bertz CT molecular complexity index is 1600. The van der Waals surface area contributed by atoms with Crippen LogP contribution in [0.3, 0.4) is 0 Å². The van der Waals surface area contributed by atoms with Gasteiger partial charge in [-0.2, -0.15) is 4.31 Å². The number of carbonyl (C=O) groups is 2. The first kappa shape index (κ1) is 27.7. The predicted octanol–water partition coefficient (Wildman–Crippen LogP) is 5.33. The summed E-state index contributed by atoms with van der Waals surface area (Å²) in [5.74, 6) is -0.568. The largest absolute Gasteiger partial charge is 0.321 e. The SMILES string of the molecule is O=C(Nc1ccc(Cl)cc1C(=O)c1ccccc1)c1ccc(CN2CCN(S(=O)(=O)c3ccccc3)CC2)cc1. The van der Waals surface area contributed by atoms with Gasteiger partial charge in [-0.3, -0.25) is 14.5 Å². The molecule has 0 unspecified atom stereocenters. The van der Waals surface area contributed by atoms with Crippen LogP contribution in [0.15, 0.2) is 108 Å². The monoisotopic (exact) mass is 573 g/mol. The van der Waals surface area contributed by atoms with E-state index in [4.69, 9.17) is 11.6 Å². The first-order valence-electron chi connectivity index (χ1n) is 12.9. The van der Waals surface area contributed by atoms with E-state index in [9.17, 15) is 18.0 Å². The Labute approximate surface area is 239 Å². The van der Waals surface area contributed by atoms with E-state index >= 15 is 0 Å². The molecule has 0 radical (unpaired) electrons. The Kier molecular flexibility index (Phi) is 8.42. The van der Waals surface area contributed by atoms with Gasteiger partial charge in [0.25, 0.3) is 5.91 Å². The molecule has 1 heterocycles. The molecule has 1 aliphatic rings. The van der Waals surface area contributed by atoms with Gasteiger partial charge in [-0.15, -0.1) is 0 Å². The summed E-state index contributed by atoms with van der Waals surface area (Å²) < 4.78 is 27.3. The molecule has 1 aliphatic heterocycles. The Balaban J connectivity index is 1.20. The highest BCUT2D eigenvalue weighted by atomic mass is 35.5. The summed E-state index contributed by atoms with van der Waals surface area (Å²) in [6.45, 7) is 2.71. The molecule has 0 aliphatic carbocycles. The quantitative estimate of drug-likeness (QED) is 0.288. The van der Waals surface area contributed by atoms with E-state index in [1.165, 1.54) is 4.31 Å². The molecule has 0 bridgehead atoms. The highest BCUT2D eigenvalue weighted by molar-refractivity contribution is 7.89. The van der Waals surface area contributed by atoms with Crippen molar-refractivity contribution in [1.82, 2.24) is 9.21 Å². The lowest BCUT2D eigenvalue weighted by atomic mass is 10.0. The molecule has 1 fully saturated rings. The number of nitrogens with zero attached hydrogens (tertiary/aromatic N) is 2. The molecule has 4 aromatic carbocycles. The average Bonchev–Trinajstić information content (AvgIpc) is 2.99. The molecule has 204 valence electrons. The van der Waals surface area contributed by atoms with Gasteiger partial charge >= 0.3 is 0 Å². The average molecular weight is 574 g/mol. The van der Waals surface area contributed by atoms with Gasteiger partial charge in [0.2, 0.25) is 10.0 Å². The molecule has 0 spiro atoms. The fourth-order valence-electron chi connectivity index (χ4n) is 4.64. The molecule has 1 amide bonds. The van der Waals surface area contributed by atoms with Crippen LogP contribution >= 0.6 is 11.6 Å². The molecule has 5 rings (SSSR count). The van der Waals surface area contributed by atoms with Crippen LogP contribution in [0.5, 0.6) is 0 Å². The zero-order valence-corrected chi connectivity index (χ0v) is 23.2. The predicted molar refractivity (Wildman–Crippen MR) is 156 cm³/mol. The van der Waals surface area contributed by atoms with Crippen molar-refractivity contribution in [3.63, 3.8) is 0 Å². The fraction of sp³-hybridized carbons (Fsp3) is 0.161. The van der Waals surface area contributed by atoms with Crippen molar-refractivity contribution in [2.75, 3.05) is 31.5 Å². The Hall–Kier alpha value is -3.82. The fourth-order valence-corrected chi connectivity index (χ4v) is 6.26. The third-order valence-electron chi connectivity index (χ3n) is 6.84. The second kappa shape index (κ2) is 12.1. The number of carbonyl (C=O) groups excluding carboxylic acids is 2. The molecule has 4 aromatic rings. The molecule has 0 saturated carbocycles. The van der Waals surface area contributed by atoms with Crippen LogP contribution in [0.25, 0.3) is 0 Å². The van der Waals surface area contributed by atoms with Crippen LogP contribution < -0.4 is 5.32 Å². The third-order valence-corrected chi connectivity index (χ3v) is 8.99. The second-order valence-corrected chi connectivity index (χ2v) is 11.9. The number of hydrogen-bond donors (Lipinski definition) is 1. The van der Waals surface area contributed by atoms with E-state index < -0.39 is 10.0 Å². The Morgan fingerprint density at radius 1 is 0.750 bits per heavy atom. The highest BCUT2D eigenvalue weighted by Crippen LogP contribution is 2.25. The lowest BCUT2D eigenvalue weighted by molar-refractivity contribution is 0.102. The lowest BCUT2D eigenvalue weighted by Gasteiger charge is -2.34. The van der Waals surface area contributed by atoms with E-state index in [-0.39, 0.29) is 11.7 Å². The summed E-state index contributed by atoms with van der Waals surface area (Å²) >= 11 is 6.16. The van der Waals surface area contributed by atoms with Crippen molar-refractivity contribution in [1.29, 1.82) is 0 Å². The van der Waals surface area contributed by atoms with Gasteiger partial charge in [-0.1, -0.05) is 72.3 Å². The maximum atomic E-state index is 13.1. The minimum atomic E-state index is -3.49. The minimum absolute atomic E-state index is 0.231. The standard InChI is InChI=1S/C31H28ClN3O4S/c32-26-15-16-29(28(21-26)30(36)24-7-3-1-4-8-24)33-31(37)25-13-11-23(12-14-25)22-34-17-19-35(20-18-34)40(38,39)27-9-5-2-6-10-27/h1-16,21H,17-20,22H2,(H,33,37).